The van der Waals surface area contributed by atoms with Gasteiger partial charge in [-0.1, -0.05) is 103 Å². The fraction of sp³-hybridized carbons (Fsp3) is 0.0889. The largest absolute Gasteiger partial charge is 0.318 e. The predicted molar refractivity (Wildman–Crippen MR) is 201 cm³/mol. The van der Waals surface area contributed by atoms with Crippen molar-refractivity contribution in [2.75, 3.05) is 0 Å². The van der Waals surface area contributed by atoms with Gasteiger partial charge in [0.15, 0.2) is 0 Å². The van der Waals surface area contributed by atoms with Gasteiger partial charge in [-0.15, -0.1) is 0 Å². The van der Waals surface area contributed by atoms with Gasteiger partial charge in [0.05, 0.1) is 22.6 Å². The van der Waals surface area contributed by atoms with E-state index < -0.39 is 0 Å². The Morgan fingerprint density at radius 1 is 0.625 bits per heavy atom. The van der Waals surface area contributed by atoms with E-state index in [9.17, 15) is 0 Å². The Hall–Kier alpha value is -5.93. The van der Waals surface area contributed by atoms with Gasteiger partial charge in [0.1, 0.15) is 5.65 Å². The third-order valence-corrected chi connectivity index (χ3v) is 10.9. The number of allylic oxidation sites excluding steroid dienone is 6. The molecular weight excluding hydrogens is 583 g/mol. The van der Waals surface area contributed by atoms with Crippen LogP contribution in [-0.2, 0) is 12.8 Å². The summed E-state index contributed by atoms with van der Waals surface area (Å²) in [4.78, 5) is 5.06. The topological polar surface area (TPSA) is 22.8 Å². The van der Waals surface area contributed by atoms with Crippen molar-refractivity contribution < 1.29 is 0 Å². The average molecular weight is 614 g/mol. The Bertz CT molecular complexity index is 2800. The van der Waals surface area contributed by atoms with Crippen LogP contribution in [0.3, 0.4) is 0 Å². The van der Waals surface area contributed by atoms with Crippen LogP contribution < -0.4 is 0 Å². The SMILES string of the molecule is C1=CC2=Cc3ccc(-n4c5ccccc5c5ccc6c(c7cccnc7n6C6C=Cc7cc8ccccc8cc7C6)c54)cc3CC2C=C1. The van der Waals surface area contributed by atoms with E-state index in [4.69, 9.17) is 4.98 Å². The molecule has 226 valence electrons. The lowest BCUT2D eigenvalue weighted by atomic mass is 9.81. The molecule has 0 radical (unpaired) electrons. The van der Waals surface area contributed by atoms with Gasteiger partial charge in [0.25, 0.3) is 0 Å². The highest BCUT2D eigenvalue weighted by Gasteiger charge is 2.26. The minimum Gasteiger partial charge on any atom is -0.318 e. The second-order valence-corrected chi connectivity index (χ2v) is 13.6. The molecule has 3 heterocycles. The molecule has 0 spiro atoms. The molecule has 0 fully saturated rings. The van der Waals surface area contributed by atoms with Crippen molar-refractivity contribution >= 4 is 66.7 Å². The number of hydrogen-bond donors (Lipinski definition) is 0. The van der Waals surface area contributed by atoms with Crippen molar-refractivity contribution in [3.63, 3.8) is 0 Å². The number of benzene rings is 5. The number of aromatic nitrogens is 3. The Labute approximate surface area is 278 Å². The molecule has 3 nitrogen and oxygen atoms in total. The highest BCUT2D eigenvalue weighted by atomic mass is 15.1. The van der Waals surface area contributed by atoms with Crippen molar-refractivity contribution in [2.24, 2.45) is 5.92 Å². The molecular formula is C45H31N3. The summed E-state index contributed by atoms with van der Waals surface area (Å²) >= 11 is 0. The van der Waals surface area contributed by atoms with Crippen LogP contribution >= 0.6 is 0 Å². The van der Waals surface area contributed by atoms with Gasteiger partial charge < -0.3 is 9.13 Å². The molecule has 2 unspecified atom stereocenters. The summed E-state index contributed by atoms with van der Waals surface area (Å²) in [5, 5.41) is 7.60. The maximum absolute atomic E-state index is 5.06. The van der Waals surface area contributed by atoms with Crippen LogP contribution in [0.1, 0.15) is 28.3 Å². The molecule has 8 aromatic rings. The van der Waals surface area contributed by atoms with Gasteiger partial charge in [-0.2, -0.15) is 0 Å². The number of nitrogens with zero attached hydrogens (tertiary/aromatic N) is 3. The number of para-hydroxylation sites is 1. The first-order valence-electron chi connectivity index (χ1n) is 17.0. The Morgan fingerprint density at radius 2 is 1.48 bits per heavy atom. The standard InChI is InChI=1S/C45H31N3/c1-3-10-30-24-34-26-36(17-15-32(34)22-28(30)8-1)47-41-14-6-5-12-38(41)39-19-20-42-43(44(39)47)40-13-7-21-46-45(40)48(42)37-18-16-33-23-29-9-2-4-11-31(29)25-35(33)27-37/h1-23,25-26,30,37H,24,27H2. The summed E-state index contributed by atoms with van der Waals surface area (Å²) in [6.45, 7) is 0. The lowest BCUT2D eigenvalue weighted by Crippen LogP contribution is -2.13. The van der Waals surface area contributed by atoms with Crippen molar-refractivity contribution in [3.05, 3.63) is 168 Å². The van der Waals surface area contributed by atoms with Crippen molar-refractivity contribution in [2.45, 2.75) is 18.9 Å². The number of hydrogen-bond acceptors (Lipinski definition) is 1. The van der Waals surface area contributed by atoms with E-state index in [0.29, 0.717) is 5.92 Å². The predicted octanol–water partition coefficient (Wildman–Crippen LogP) is 10.9. The molecule has 0 saturated heterocycles. The first kappa shape index (κ1) is 26.2. The summed E-state index contributed by atoms with van der Waals surface area (Å²) in [6, 6.07) is 38.5. The van der Waals surface area contributed by atoms with Gasteiger partial charge in [-0.3, -0.25) is 0 Å². The van der Waals surface area contributed by atoms with Crippen LogP contribution in [0, 0.1) is 5.92 Å². The van der Waals surface area contributed by atoms with Crippen molar-refractivity contribution in [1.29, 1.82) is 0 Å². The quantitative estimate of drug-likeness (QED) is 0.190. The molecule has 0 aliphatic heterocycles. The summed E-state index contributed by atoms with van der Waals surface area (Å²) in [5.74, 6) is 0.443. The van der Waals surface area contributed by atoms with E-state index in [1.165, 1.54) is 82.4 Å². The zero-order valence-electron chi connectivity index (χ0n) is 26.3. The van der Waals surface area contributed by atoms with Gasteiger partial charge in [0, 0.05) is 39.3 Å². The molecule has 3 aliphatic rings. The van der Waals surface area contributed by atoms with Crippen molar-refractivity contribution in [1.82, 2.24) is 14.1 Å². The minimum atomic E-state index is 0.158. The Balaban J connectivity index is 1.16. The van der Waals surface area contributed by atoms with Gasteiger partial charge in [-0.25, -0.2) is 4.98 Å². The second kappa shape index (κ2) is 9.79. The summed E-state index contributed by atoms with van der Waals surface area (Å²) in [7, 11) is 0. The third-order valence-electron chi connectivity index (χ3n) is 10.9. The Kier molecular flexibility index (Phi) is 5.34. The fourth-order valence-electron chi connectivity index (χ4n) is 8.74. The van der Waals surface area contributed by atoms with Crippen LogP contribution in [0.4, 0.5) is 0 Å². The zero-order valence-corrected chi connectivity index (χ0v) is 26.3. The smallest absolute Gasteiger partial charge is 0.141 e. The molecule has 3 aromatic heterocycles. The average Bonchev–Trinajstić information content (AvgIpc) is 3.65. The second-order valence-electron chi connectivity index (χ2n) is 13.6. The zero-order chi connectivity index (χ0) is 31.3. The highest BCUT2D eigenvalue weighted by molar-refractivity contribution is 6.25. The first-order valence-corrected chi connectivity index (χ1v) is 17.0. The molecule has 48 heavy (non-hydrogen) atoms. The summed E-state index contributed by atoms with van der Waals surface area (Å²) < 4.78 is 5.00. The number of rotatable bonds is 2. The van der Waals surface area contributed by atoms with E-state index in [1.807, 2.05) is 6.20 Å². The lowest BCUT2D eigenvalue weighted by Gasteiger charge is -2.24. The van der Waals surface area contributed by atoms with E-state index in [-0.39, 0.29) is 6.04 Å². The lowest BCUT2D eigenvalue weighted by molar-refractivity contribution is 0.631. The van der Waals surface area contributed by atoms with Crippen LogP contribution in [0.15, 0.2) is 145 Å². The molecule has 3 aliphatic carbocycles. The fourth-order valence-corrected chi connectivity index (χ4v) is 8.74. The van der Waals surface area contributed by atoms with Crippen molar-refractivity contribution in [3.8, 4) is 5.69 Å². The van der Waals surface area contributed by atoms with E-state index >= 15 is 0 Å². The van der Waals surface area contributed by atoms with Crippen LogP contribution in [-0.4, -0.2) is 14.1 Å². The molecule has 0 saturated carbocycles. The monoisotopic (exact) mass is 613 g/mol. The van der Waals surface area contributed by atoms with Gasteiger partial charge >= 0.3 is 0 Å². The molecule has 3 heteroatoms. The number of pyridine rings is 1. The maximum Gasteiger partial charge on any atom is 0.141 e. The normalized spacial score (nSPS) is 18.1. The van der Waals surface area contributed by atoms with E-state index in [2.05, 4.69) is 155 Å². The van der Waals surface area contributed by atoms with Crippen LogP contribution in [0.2, 0.25) is 0 Å². The highest BCUT2D eigenvalue weighted by Crippen LogP contribution is 2.43. The number of fused-ring (bicyclic) bond motifs is 11. The molecule has 0 bridgehead atoms. The minimum absolute atomic E-state index is 0.158. The molecule has 2 atom stereocenters. The van der Waals surface area contributed by atoms with Crippen LogP contribution in [0.25, 0.3) is 72.4 Å². The van der Waals surface area contributed by atoms with Gasteiger partial charge in [0.2, 0.25) is 0 Å². The Morgan fingerprint density at radius 3 is 2.44 bits per heavy atom. The first-order chi connectivity index (χ1) is 23.8. The van der Waals surface area contributed by atoms with E-state index in [1.54, 1.807) is 0 Å². The van der Waals surface area contributed by atoms with E-state index in [0.717, 1.165) is 18.5 Å². The maximum atomic E-state index is 5.06. The molecule has 0 N–H and O–H groups in total. The third kappa shape index (κ3) is 3.67. The van der Waals surface area contributed by atoms with Gasteiger partial charge in [-0.05, 0) is 93.9 Å². The summed E-state index contributed by atoms with van der Waals surface area (Å²) in [6.07, 6.45) is 19.9. The molecule has 11 rings (SSSR count). The molecule has 0 amide bonds. The van der Waals surface area contributed by atoms with Crippen LogP contribution in [0.5, 0.6) is 0 Å². The molecule has 5 aromatic carbocycles. The summed E-state index contributed by atoms with van der Waals surface area (Å²) in [5.41, 5.74) is 12.8.